The number of nitrogens with zero attached hydrogens (tertiary/aromatic N) is 1. The maximum absolute atomic E-state index is 13.7. The molecular formula is C16H23FN2. The van der Waals surface area contributed by atoms with Gasteiger partial charge in [0.2, 0.25) is 0 Å². The van der Waals surface area contributed by atoms with E-state index >= 15 is 0 Å². The second kappa shape index (κ2) is 5.22. The third-order valence-electron chi connectivity index (χ3n) is 5.15. The third kappa shape index (κ3) is 2.54. The van der Waals surface area contributed by atoms with Gasteiger partial charge in [0, 0.05) is 18.1 Å². The number of halogens is 1. The molecule has 3 unspecified atom stereocenters. The van der Waals surface area contributed by atoms with Crippen LogP contribution in [0.2, 0.25) is 0 Å². The molecule has 2 bridgehead atoms. The molecule has 2 aliphatic heterocycles. The molecule has 0 saturated carbocycles. The Morgan fingerprint density at radius 1 is 1.26 bits per heavy atom. The van der Waals surface area contributed by atoms with E-state index < -0.39 is 0 Å². The summed E-state index contributed by atoms with van der Waals surface area (Å²) in [6.45, 7) is 0. The molecule has 3 rings (SSSR count). The Bertz CT molecular complexity index is 434. The summed E-state index contributed by atoms with van der Waals surface area (Å²) < 4.78 is 13.7. The minimum absolute atomic E-state index is 0.0914. The number of hydrogen-bond donors (Lipinski definition) is 1. The Morgan fingerprint density at radius 2 is 1.89 bits per heavy atom. The first-order chi connectivity index (χ1) is 9.15. The monoisotopic (exact) mass is 262 g/mol. The molecule has 19 heavy (non-hydrogen) atoms. The quantitative estimate of drug-likeness (QED) is 0.907. The lowest BCUT2D eigenvalue weighted by molar-refractivity contribution is 0.120. The summed E-state index contributed by atoms with van der Waals surface area (Å²) >= 11 is 0. The van der Waals surface area contributed by atoms with Crippen LogP contribution in [-0.2, 0) is 6.42 Å². The van der Waals surface area contributed by atoms with Gasteiger partial charge in [-0.1, -0.05) is 18.2 Å². The fraction of sp³-hybridized carbons (Fsp3) is 0.625. The van der Waals surface area contributed by atoms with Gasteiger partial charge >= 0.3 is 0 Å². The van der Waals surface area contributed by atoms with Gasteiger partial charge in [0.05, 0.1) is 0 Å². The van der Waals surface area contributed by atoms with Crippen molar-refractivity contribution in [2.24, 2.45) is 11.7 Å². The zero-order valence-electron chi connectivity index (χ0n) is 11.6. The van der Waals surface area contributed by atoms with Crippen LogP contribution in [0.25, 0.3) is 0 Å². The van der Waals surface area contributed by atoms with Crippen molar-refractivity contribution in [3.8, 4) is 0 Å². The van der Waals surface area contributed by atoms with Gasteiger partial charge in [-0.2, -0.15) is 0 Å². The lowest BCUT2D eigenvalue weighted by Gasteiger charge is -2.38. The number of benzene rings is 1. The van der Waals surface area contributed by atoms with Gasteiger partial charge in [-0.25, -0.2) is 4.39 Å². The molecule has 2 N–H and O–H groups in total. The Labute approximate surface area is 114 Å². The zero-order valence-corrected chi connectivity index (χ0v) is 11.6. The SMILES string of the molecule is CN1C2CCC1CC(C(N)Cc1ccccc1F)C2. The van der Waals surface area contributed by atoms with E-state index in [0.29, 0.717) is 24.4 Å². The first-order valence-corrected chi connectivity index (χ1v) is 7.36. The fourth-order valence-electron chi connectivity index (χ4n) is 3.89. The molecule has 2 saturated heterocycles. The Hall–Kier alpha value is -0.930. The normalized spacial score (nSPS) is 32.5. The average Bonchev–Trinajstić information content (AvgIpc) is 2.64. The molecule has 1 aromatic rings. The molecule has 2 aliphatic rings. The van der Waals surface area contributed by atoms with Crippen LogP contribution in [0.5, 0.6) is 0 Å². The van der Waals surface area contributed by atoms with E-state index in [4.69, 9.17) is 5.73 Å². The Kier molecular flexibility index (Phi) is 3.59. The summed E-state index contributed by atoms with van der Waals surface area (Å²) in [7, 11) is 2.24. The molecule has 0 aliphatic carbocycles. The standard InChI is InChI=1S/C16H23FN2/c1-19-13-6-7-14(19)9-12(8-13)16(18)10-11-4-2-3-5-15(11)17/h2-5,12-14,16H,6-10,18H2,1H3. The molecule has 3 heteroatoms. The zero-order chi connectivity index (χ0) is 13.4. The highest BCUT2D eigenvalue weighted by molar-refractivity contribution is 5.18. The second-order valence-corrected chi connectivity index (χ2v) is 6.24. The summed E-state index contributed by atoms with van der Waals surface area (Å²) in [5, 5.41) is 0. The van der Waals surface area contributed by atoms with Gasteiger partial charge in [0.25, 0.3) is 0 Å². The van der Waals surface area contributed by atoms with E-state index in [2.05, 4.69) is 11.9 Å². The number of piperidine rings is 1. The van der Waals surface area contributed by atoms with Crippen LogP contribution in [0.3, 0.4) is 0 Å². The molecule has 0 aromatic heterocycles. The van der Waals surface area contributed by atoms with Gasteiger partial charge in [-0.05, 0) is 56.7 Å². The second-order valence-electron chi connectivity index (χ2n) is 6.24. The van der Waals surface area contributed by atoms with E-state index in [1.54, 1.807) is 6.07 Å². The summed E-state index contributed by atoms with van der Waals surface area (Å²) in [4.78, 5) is 2.52. The van der Waals surface area contributed by atoms with Crippen LogP contribution in [-0.4, -0.2) is 30.1 Å². The molecule has 104 valence electrons. The number of hydrogen-bond acceptors (Lipinski definition) is 2. The Morgan fingerprint density at radius 3 is 2.53 bits per heavy atom. The van der Waals surface area contributed by atoms with Crippen LogP contribution in [0, 0.1) is 11.7 Å². The highest BCUT2D eigenvalue weighted by Gasteiger charge is 2.40. The van der Waals surface area contributed by atoms with E-state index in [-0.39, 0.29) is 11.9 Å². The fourth-order valence-corrected chi connectivity index (χ4v) is 3.89. The molecule has 2 fully saturated rings. The molecule has 0 spiro atoms. The molecule has 1 aromatic carbocycles. The third-order valence-corrected chi connectivity index (χ3v) is 5.15. The van der Waals surface area contributed by atoms with Gasteiger partial charge < -0.3 is 10.6 Å². The summed E-state index contributed by atoms with van der Waals surface area (Å²) in [5.41, 5.74) is 7.13. The van der Waals surface area contributed by atoms with E-state index in [1.807, 2.05) is 12.1 Å². The van der Waals surface area contributed by atoms with Gasteiger partial charge in [-0.15, -0.1) is 0 Å². The first kappa shape index (κ1) is 13.1. The van der Waals surface area contributed by atoms with Crippen LogP contribution in [0.1, 0.15) is 31.2 Å². The summed E-state index contributed by atoms with van der Waals surface area (Å²) in [6, 6.07) is 8.52. The van der Waals surface area contributed by atoms with Crippen LogP contribution < -0.4 is 5.73 Å². The predicted molar refractivity (Wildman–Crippen MR) is 75.4 cm³/mol. The van der Waals surface area contributed by atoms with Crippen molar-refractivity contribution < 1.29 is 4.39 Å². The van der Waals surface area contributed by atoms with E-state index in [9.17, 15) is 4.39 Å². The van der Waals surface area contributed by atoms with Crippen molar-refractivity contribution in [1.82, 2.24) is 4.90 Å². The smallest absolute Gasteiger partial charge is 0.126 e. The van der Waals surface area contributed by atoms with Gasteiger partial charge in [0.15, 0.2) is 0 Å². The van der Waals surface area contributed by atoms with E-state index in [0.717, 1.165) is 5.56 Å². The van der Waals surface area contributed by atoms with Crippen LogP contribution in [0.4, 0.5) is 4.39 Å². The topological polar surface area (TPSA) is 29.3 Å². The van der Waals surface area contributed by atoms with Crippen molar-refractivity contribution in [2.75, 3.05) is 7.05 Å². The lowest BCUT2D eigenvalue weighted by Crippen LogP contribution is -2.46. The maximum atomic E-state index is 13.7. The van der Waals surface area contributed by atoms with Crippen molar-refractivity contribution in [3.05, 3.63) is 35.6 Å². The molecule has 0 amide bonds. The van der Waals surface area contributed by atoms with Crippen molar-refractivity contribution in [2.45, 2.75) is 50.2 Å². The largest absolute Gasteiger partial charge is 0.327 e. The van der Waals surface area contributed by atoms with Crippen molar-refractivity contribution in [3.63, 3.8) is 0 Å². The van der Waals surface area contributed by atoms with Gasteiger partial charge in [-0.3, -0.25) is 0 Å². The maximum Gasteiger partial charge on any atom is 0.126 e. The molecule has 2 heterocycles. The Balaban J connectivity index is 1.65. The number of fused-ring (bicyclic) bond motifs is 2. The van der Waals surface area contributed by atoms with Crippen LogP contribution >= 0.6 is 0 Å². The minimum atomic E-state index is -0.117. The van der Waals surface area contributed by atoms with Crippen LogP contribution in [0.15, 0.2) is 24.3 Å². The lowest BCUT2D eigenvalue weighted by atomic mass is 9.83. The highest BCUT2D eigenvalue weighted by Crippen LogP contribution is 2.38. The summed E-state index contributed by atoms with van der Waals surface area (Å²) in [5.74, 6) is 0.433. The van der Waals surface area contributed by atoms with E-state index in [1.165, 1.54) is 31.7 Å². The summed E-state index contributed by atoms with van der Waals surface area (Å²) in [6.07, 6.45) is 5.65. The average molecular weight is 262 g/mol. The van der Waals surface area contributed by atoms with Gasteiger partial charge in [0.1, 0.15) is 5.82 Å². The highest BCUT2D eigenvalue weighted by atomic mass is 19.1. The number of nitrogens with two attached hydrogens (primary N) is 1. The molecule has 2 nitrogen and oxygen atoms in total. The first-order valence-electron chi connectivity index (χ1n) is 7.36. The van der Waals surface area contributed by atoms with Crippen molar-refractivity contribution in [1.29, 1.82) is 0 Å². The molecule has 3 atom stereocenters. The molecular weight excluding hydrogens is 239 g/mol. The predicted octanol–water partition coefficient (Wildman–Crippen LogP) is 2.57. The van der Waals surface area contributed by atoms with Crippen molar-refractivity contribution >= 4 is 0 Å². The minimum Gasteiger partial charge on any atom is -0.327 e. The number of rotatable bonds is 3. The molecule has 0 radical (unpaired) electrons.